The summed E-state index contributed by atoms with van der Waals surface area (Å²) in [6.45, 7) is 0.400. The van der Waals surface area contributed by atoms with E-state index < -0.39 is 5.60 Å². The highest BCUT2D eigenvalue weighted by Crippen LogP contribution is 2.31. The van der Waals surface area contributed by atoms with E-state index in [2.05, 4.69) is 4.98 Å². The number of aliphatic hydroxyl groups is 1. The summed E-state index contributed by atoms with van der Waals surface area (Å²) in [5.41, 5.74) is 0.354. The van der Waals surface area contributed by atoms with Crippen LogP contribution in [0.25, 0.3) is 10.6 Å². The van der Waals surface area contributed by atoms with E-state index in [-0.39, 0.29) is 5.91 Å². The molecule has 1 aliphatic rings. The van der Waals surface area contributed by atoms with Gasteiger partial charge in [-0.2, -0.15) is 11.3 Å². The van der Waals surface area contributed by atoms with Crippen molar-refractivity contribution in [2.45, 2.75) is 31.3 Å². The van der Waals surface area contributed by atoms with E-state index in [0.29, 0.717) is 11.4 Å². The van der Waals surface area contributed by atoms with Crippen molar-refractivity contribution in [1.29, 1.82) is 0 Å². The first-order valence-electron chi connectivity index (χ1n) is 7.04. The van der Waals surface area contributed by atoms with Gasteiger partial charge in [0.1, 0.15) is 9.88 Å². The van der Waals surface area contributed by atoms with Crippen molar-refractivity contribution >= 4 is 28.6 Å². The summed E-state index contributed by atoms with van der Waals surface area (Å²) in [4.78, 5) is 19.0. The molecule has 0 atom stereocenters. The first kappa shape index (κ1) is 14.7. The first-order valence-corrected chi connectivity index (χ1v) is 8.80. The van der Waals surface area contributed by atoms with Crippen LogP contribution in [0.3, 0.4) is 0 Å². The molecule has 1 fully saturated rings. The molecule has 1 N–H and O–H groups in total. The van der Waals surface area contributed by atoms with E-state index in [4.69, 9.17) is 0 Å². The van der Waals surface area contributed by atoms with Gasteiger partial charge in [0, 0.05) is 24.5 Å². The summed E-state index contributed by atoms with van der Waals surface area (Å²) in [5, 5.41) is 15.3. The lowest BCUT2D eigenvalue weighted by atomic mass is 10.0. The molecule has 0 saturated heterocycles. The Bertz CT molecular complexity index is 615. The molecule has 1 saturated carbocycles. The predicted octanol–water partition coefficient (Wildman–Crippen LogP) is 3.25. The fourth-order valence-electron chi connectivity index (χ4n) is 2.79. The molecule has 0 unspecified atom stereocenters. The molecule has 1 aliphatic carbocycles. The van der Waals surface area contributed by atoms with Crippen molar-refractivity contribution < 1.29 is 9.90 Å². The molecule has 112 valence electrons. The van der Waals surface area contributed by atoms with E-state index in [1.807, 2.05) is 16.8 Å². The number of amides is 1. The number of carbonyl (C=O) groups is 1. The van der Waals surface area contributed by atoms with Gasteiger partial charge in [-0.25, -0.2) is 4.98 Å². The Morgan fingerprint density at radius 2 is 2.24 bits per heavy atom. The van der Waals surface area contributed by atoms with Crippen LogP contribution >= 0.6 is 22.7 Å². The number of likely N-dealkylation sites (N-methyl/N-ethyl adjacent to an activating group) is 1. The number of nitrogens with zero attached hydrogens (tertiary/aromatic N) is 2. The topological polar surface area (TPSA) is 53.4 Å². The highest BCUT2D eigenvalue weighted by molar-refractivity contribution is 7.17. The van der Waals surface area contributed by atoms with Crippen molar-refractivity contribution in [3.8, 4) is 10.6 Å². The summed E-state index contributed by atoms with van der Waals surface area (Å²) >= 11 is 3.02. The monoisotopic (exact) mass is 322 g/mol. The van der Waals surface area contributed by atoms with Gasteiger partial charge in [0.05, 0.1) is 11.8 Å². The summed E-state index contributed by atoms with van der Waals surface area (Å²) in [6.07, 6.45) is 5.29. The van der Waals surface area contributed by atoms with Crippen LogP contribution in [0, 0.1) is 0 Å². The Morgan fingerprint density at radius 3 is 2.90 bits per heavy atom. The third-order valence-corrected chi connectivity index (χ3v) is 5.61. The van der Waals surface area contributed by atoms with Crippen molar-refractivity contribution in [2.75, 3.05) is 13.6 Å². The van der Waals surface area contributed by atoms with Gasteiger partial charge in [-0.15, -0.1) is 11.3 Å². The lowest BCUT2D eigenvalue weighted by molar-refractivity contribution is 0.0158. The minimum Gasteiger partial charge on any atom is -0.388 e. The quantitative estimate of drug-likeness (QED) is 0.940. The van der Waals surface area contributed by atoms with Crippen LogP contribution in [0.2, 0.25) is 0 Å². The Kier molecular flexibility index (Phi) is 4.10. The number of hydrogen-bond donors (Lipinski definition) is 1. The smallest absolute Gasteiger partial charge is 0.265 e. The van der Waals surface area contributed by atoms with Crippen LogP contribution in [0.15, 0.2) is 23.0 Å². The Hall–Kier alpha value is -1.24. The van der Waals surface area contributed by atoms with Crippen LogP contribution in [0.5, 0.6) is 0 Å². The molecule has 2 heterocycles. The van der Waals surface area contributed by atoms with Gasteiger partial charge < -0.3 is 10.0 Å². The Morgan fingerprint density at radius 1 is 1.48 bits per heavy atom. The number of thiophene rings is 1. The van der Waals surface area contributed by atoms with Crippen LogP contribution in [-0.4, -0.2) is 40.1 Å². The minimum absolute atomic E-state index is 0.0608. The lowest BCUT2D eigenvalue weighted by Crippen LogP contribution is -2.41. The second-order valence-electron chi connectivity index (χ2n) is 5.63. The number of thiazole rings is 1. The average molecular weight is 322 g/mol. The largest absolute Gasteiger partial charge is 0.388 e. The summed E-state index contributed by atoms with van der Waals surface area (Å²) < 4.78 is 0. The number of hydrogen-bond acceptors (Lipinski definition) is 5. The maximum Gasteiger partial charge on any atom is 0.265 e. The molecular weight excluding hydrogens is 304 g/mol. The summed E-state index contributed by atoms with van der Waals surface area (Å²) in [5.74, 6) is -0.0608. The van der Waals surface area contributed by atoms with Gasteiger partial charge in [-0.1, -0.05) is 12.8 Å². The highest BCUT2D eigenvalue weighted by atomic mass is 32.1. The molecular formula is C15H18N2O2S2. The van der Waals surface area contributed by atoms with Gasteiger partial charge >= 0.3 is 0 Å². The van der Waals surface area contributed by atoms with Gasteiger partial charge in [0.2, 0.25) is 0 Å². The van der Waals surface area contributed by atoms with Crippen molar-refractivity contribution in [3.63, 3.8) is 0 Å². The highest BCUT2D eigenvalue weighted by Gasteiger charge is 2.33. The molecule has 2 aromatic heterocycles. The predicted molar refractivity (Wildman–Crippen MR) is 85.8 cm³/mol. The summed E-state index contributed by atoms with van der Waals surface area (Å²) in [7, 11) is 1.75. The fraction of sp³-hybridized carbons (Fsp3) is 0.467. The number of carbonyl (C=O) groups excluding carboxylic acids is 1. The molecule has 0 radical (unpaired) electrons. The van der Waals surface area contributed by atoms with Crippen molar-refractivity contribution in [3.05, 3.63) is 27.9 Å². The maximum absolute atomic E-state index is 12.4. The van der Waals surface area contributed by atoms with Crippen LogP contribution in [-0.2, 0) is 0 Å². The van der Waals surface area contributed by atoms with E-state index in [0.717, 1.165) is 36.3 Å². The van der Waals surface area contributed by atoms with Gasteiger partial charge in [0.25, 0.3) is 5.91 Å². The maximum atomic E-state index is 12.4. The van der Waals surface area contributed by atoms with E-state index in [1.165, 1.54) is 11.3 Å². The molecule has 21 heavy (non-hydrogen) atoms. The summed E-state index contributed by atoms with van der Waals surface area (Å²) in [6, 6.07) is 2.00. The van der Waals surface area contributed by atoms with Gasteiger partial charge in [0.15, 0.2) is 0 Å². The average Bonchev–Trinajstić information content (AvgIpc) is 3.18. The standard InChI is InChI=1S/C15H18N2O2S2/c1-17(10-15(19)5-2-3-6-15)14(18)12-8-16-13(21-12)11-4-7-20-9-11/h4,7-9,19H,2-3,5-6,10H2,1H3. The minimum atomic E-state index is -0.703. The number of aromatic nitrogens is 1. The zero-order chi connectivity index (χ0) is 14.9. The SMILES string of the molecule is CN(CC1(O)CCCC1)C(=O)c1cnc(-c2ccsc2)s1. The van der Waals surface area contributed by atoms with Gasteiger partial charge in [-0.3, -0.25) is 4.79 Å². The molecule has 3 rings (SSSR count). The molecule has 0 aliphatic heterocycles. The van der Waals surface area contributed by atoms with Crippen LogP contribution in [0.1, 0.15) is 35.4 Å². The molecule has 1 amide bonds. The fourth-order valence-corrected chi connectivity index (χ4v) is 4.41. The van der Waals surface area contributed by atoms with E-state index in [1.54, 1.807) is 29.5 Å². The van der Waals surface area contributed by atoms with Gasteiger partial charge in [-0.05, 0) is 24.3 Å². The first-order chi connectivity index (χ1) is 10.1. The third kappa shape index (κ3) is 3.17. The Balaban J connectivity index is 1.70. The second kappa shape index (κ2) is 5.87. The molecule has 2 aromatic rings. The normalized spacial score (nSPS) is 17.0. The lowest BCUT2D eigenvalue weighted by Gasteiger charge is -2.28. The van der Waals surface area contributed by atoms with Crippen molar-refractivity contribution in [2.24, 2.45) is 0 Å². The Labute approximate surface area is 132 Å². The van der Waals surface area contributed by atoms with Crippen LogP contribution in [0.4, 0.5) is 0 Å². The second-order valence-corrected chi connectivity index (χ2v) is 7.45. The molecule has 0 bridgehead atoms. The van der Waals surface area contributed by atoms with Crippen LogP contribution < -0.4 is 0 Å². The zero-order valence-electron chi connectivity index (χ0n) is 11.9. The van der Waals surface area contributed by atoms with Crippen molar-refractivity contribution in [1.82, 2.24) is 9.88 Å². The third-order valence-electron chi connectivity index (χ3n) is 3.90. The zero-order valence-corrected chi connectivity index (χ0v) is 13.5. The molecule has 0 aromatic carbocycles. The van der Waals surface area contributed by atoms with E-state index >= 15 is 0 Å². The molecule has 6 heteroatoms. The molecule has 4 nitrogen and oxygen atoms in total. The molecule has 0 spiro atoms. The number of rotatable bonds is 4. The van der Waals surface area contributed by atoms with E-state index in [9.17, 15) is 9.90 Å².